The van der Waals surface area contributed by atoms with Gasteiger partial charge in [-0.2, -0.15) is 0 Å². The molecule has 0 atom stereocenters. The lowest BCUT2D eigenvalue weighted by molar-refractivity contribution is 0.355. The van der Waals surface area contributed by atoms with Crippen molar-refractivity contribution in [2.24, 2.45) is 0 Å². The number of sulfonamides is 1. The lowest BCUT2D eigenvalue weighted by atomic mass is 10.1. The Bertz CT molecular complexity index is 1540. The minimum atomic E-state index is -4.16. The number of pyridine rings is 1. The van der Waals surface area contributed by atoms with Crippen molar-refractivity contribution < 1.29 is 27.7 Å². The second-order valence-corrected chi connectivity index (χ2v) is 9.95. The zero-order valence-corrected chi connectivity index (χ0v) is 21.1. The van der Waals surface area contributed by atoms with Crippen molar-refractivity contribution in [2.45, 2.75) is 11.8 Å². The second kappa shape index (κ2) is 9.69. The fourth-order valence-electron chi connectivity index (χ4n) is 3.44. The molecule has 0 aliphatic rings. The van der Waals surface area contributed by atoms with Gasteiger partial charge in [-0.15, -0.1) is 0 Å². The van der Waals surface area contributed by atoms with Crippen LogP contribution in [0, 0.1) is 6.92 Å². The molecular weight excluding hydrogens is 515 g/mol. The lowest BCUT2D eigenvalue weighted by Gasteiger charge is -2.15. The molecular formula is C24H20Cl2N2O6S. The van der Waals surface area contributed by atoms with Gasteiger partial charge in [0.25, 0.3) is 10.0 Å². The molecule has 0 aliphatic heterocycles. The number of phenolic OH excluding ortho intramolecular Hbond substituents is 1. The zero-order chi connectivity index (χ0) is 25.3. The molecule has 0 unspecified atom stereocenters. The number of nitrogens with zero attached hydrogens (tertiary/aromatic N) is 1. The summed E-state index contributed by atoms with van der Waals surface area (Å²) in [5.74, 6) is 1.53. The number of hydrogen-bond donors (Lipinski definition) is 2. The van der Waals surface area contributed by atoms with E-state index in [-0.39, 0.29) is 15.7 Å². The van der Waals surface area contributed by atoms with Gasteiger partial charge in [0.05, 0.1) is 24.8 Å². The van der Waals surface area contributed by atoms with Crippen LogP contribution < -0.4 is 18.9 Å². The third-order valence-electron chi connectivity index (χ3n) is 5.14. The molecule has 3 aromatic carbocycles. The highest BCUT2D eigenvalue weighted by molar-refractivity contribution is 7.92. The molecule has 0 fully saturated rings. The van der Waals surface area contributed by atoms with Gasteiger partial charge in [-0.05, 0) is 55.0 Å². The molecule has 4 rings (SSSR count). The maximum atomic E-state index is 12.8. The number of ether oxygens (including phenoxy) is 3. The van der Waals surface area contributed by atoms with Crippen molar-refractivity contribution in [2.75, 3.05) is 18.9 Å². The largest absolute Gasteiger partial charge is 0.505 e. The molecule has 4 aromatic rings. The Kier molecular flexibility index (Phi) is 6.84. The Morgan fingerprint density at radius 1 is 0.914 bits per heavy atom. The summed E-state index contributed by atoms with van der Waals surface area (Å²) < 4.78 is 44.9. The summed E-state index contributed by atoms with van der Waals surface area (Å²) in [6.07, 6.45) is 1.62. The Morgan fingerprint density at radius 3 is 2.31 bits per heavy atom. The SMILES string of the molecule is COc1cc2nccc(Oc3ccc(NS(=O)(=O)c4cc(Cl)cc(Cl)c4O)cc3C)c2cc1OC. The number of halogens is 2. The van der Waals surface area contributed by atoms with E-state index in [1.54, 1.807) is 57.7 Å². The van der Waals surface area contributed by atoms with E-state index in [1.165, 1.54) is 12.1 Å². The topological polar surface area (TPSA) is 107 Å². The summed E-state index contributed by atoms with van der Waals surface area (Å²) in [6.45, 7) is 1.77. The summed E-state index contributed by atoms with van der Waals surface area (Å²) in [5, 5.41) is 10.7. The molecule has 0 aliphatic carbocycles. The quantitative estimate of drug-likeness (QED) is 0.292. The molecule has 1 heterocycles. The number of aromatic nitrogens is 1. The van der Waals surface area contributed by atoms with Crippen LogP contribution in [0.5, 0.6) is 28.7 Å². The summed E-state index contributed by atoms with van der Waals surface area (Å²) in [5.41, 5.74) is 1.57. The first-order chi connectivity index (χ1) is 16.6. The van der Waals surface area contributed by atoms with Gasteiger partial charge >= 0.3 is 0 Å². The molecule has 0 spiro atoms. The van der Waals surface area contributed by atoms with Crippen molar-refractivity contribution in [3.05, 3.63) is 70.3 Å². The number of phenols is 1. The summed E-state index contributed by atoms with van der Waals surface area (Å²) >= 11 is 11.8. The van der Waals surface area contributed by atoms with Crippen LogP contribution >= 0.6 is 23.2 Å². The number of nitrogens with one attached hydrogen (secondary N) is 1. The fraction of sp³-hybridized carbons (Fsp3) is 0.125. The van der Waals surface area contributed by atoms with E-state index >= 15 is 0 Å². The second-order valence-electron chi connectivity index (χ2n) is 7.46. The average Bonchev–Trinajstić information content (AvgIpc) is 2.82. The predicted molar refractivity (Wildman–Crippen MR) is 135 cm³/mol. The molecule has 2 N–H and O–H groups in total. The van der Waals surface area contributed by atoms with Gasteiger partial charge in [0, 0.05) is 28.4 Å². The first-order valence-corrected chi connectivity index (χ1v) is 12.4. The molecule has 0 saturated heterocycles. The predicted octanol–water partition coefficient (Wildman–Crippen LogP) is 6.17. The smallest absolute Gasteiger partial charge is 0.265 e. The van der Waals surface area contributed by atoms with Gasteiger partial charge in [0.15, 0.2) is 17.2 Å². The summed E-state index contributed by atoms with van der Waals surface area (Å²) in [6, 6.07) is 12.4. The van der Waals surface area contributed by atoms with Crippen molar-refractivity contribution >= 4 is 49.8 Å². The van der Waals surface area contributed by atoms with Crippen LogP contribution in [-0.2, 0) is 10.0 Å². The molecule has 182 valence electrons. The van der Waals surface area contributed by atoms with E-state index in [0.717, 1.165) is 6.07 Å². The van der Waals surface area contributed by atoms with Crippen LogP contribution in [-0.4, -0.2) is 32.7 Å². The monoisotopic (exact) mass is 534 g/mol. The average molecular weight is 535 g/mol. The highest BCUT2D eigenvalue weighted by Gasteiger charge is 2.22. The molecule has 0 radical (unpaired) electrons. The van der Waals surface area contributed by atoms with Crippen LogP contribution in [0.4, 0.5) is 5.69 Å². The van der Waals surface area contributed by atoms with Crippen molar-refractivity contribution in [3.63, 3.8) is 0 Å². The molecule has 1 aromatic heterocycles. The van der Waals surface area contributed by atoms with Crippen LogP contribution in [0.25, 0.3) is 10.9 Å². The van der Waals surface area contributed by atoms with Gasteiger partial charge < -0.3 is 19.3 Å². The van der Waals surface area contributed by atoms with Crippen molar-refractivity contribution in [1.29, 1.82) is 0 Å². The molecule has 0 bridgehead atoms. The van der Waals surface area contributed by atoms with E-state index in [1.807, 2.05) is 0 Å². The number of benzene rings is 3. The number of aromatic hydroxyl groups is 1. The molecule has 0 amide bonds. The first kappa shape index (κ1) is 24.7. The van der Waals surface area contributed by atoms with E-state index in [4.69, 9.17) is 37.4 Å². The van der Waals surface area contributed by atoms with Gasteiger partial charge in [0.2, 0.25) is 0 Å². The zero-order valence-electron chi connectivity index (χ0n) is 18.8. The van der Waals surface area contributed by atoms with Gasteiger partial charge in [-0.25, -0.2) is 8.42 Å². The Balaban J connectivity index is 1.64. The van der Waals surface area contributed by atoms with Crippen LogP contribution in [0.2, 0.25) is 10.0 Å². The standard InChI is InChI=1S/C24H20Cl2N2O6S/c1-13-8-15(28-35(30,31)23-10-14(25)9-17(26)24(23)29)4-5-19(13)34-20-6-7-27-18-12-22(33-3)21(32-2)11-16(18)20/h4-12,28-29H,1-3H3. The maximum absolute atomic E-state index is 12.8. The van der Waals surface area contributed by atoms with E-state index < -0.39 is 20.7 Å². The third kappa shape index (κ3) is 5.02. The number of rotatable bonds is 7. The van der Waals surface area contributed by atoms with Crippen molar-refractivity contribution in [1.82, 2.24) is 4.98 Å². The van der Waals surface area contributed by atoms with E-state index in [9.17, 15) is 13.5 Å². The Morgan fingerprint density at radius 2 is 1.63 bits per heavy atom. The minimum absolute atomic E-state index is 0.0759. The van der Waals surface area contributed by atoms with Crippen LogP contribution in [0.15, 0.2) is 59.6 Å². The lowest BCUT2D eigenvalue weighted by Crippen LogP contribution is -2.13. The molecule has 0 saturated carbocycles. The molecule has 11 heteroatoms. The van der Waals surface area contributed by atoms with Gasteiger partial charge in [0.1, 0.15) is 16.4 Å². The Labute approximate surface area is 212 Å². The highest BCUT2D eigenvalue weighted by atomic mass is 35.5. The number of methoxy groups -OCH3 is 2. The van der Waals surface area contributed by atoms with Crippen LogP contribution in [0.1, 0.15) is 5.56 Å². The van der Waals surface area contributed by atoms with Gasteiger partial charge in [-0.3, -0.25) is 9.71 Å². The number of anilines is 1. The minimum Gasteiger partial charge on any atom is -0.505 e. The summed E-state index contributed by atoms with van der Waals surface area (Å²) in [7, 11) is -1.07. The van der Waals surface area contributed by atoms with Crippen LogP contribution in [0.3, 0.4) is 0 Å². The number of fused-ring (bicyclic) bond motifs is 1. The first-order valence-electron chi connectivity index (χ1n) is 10.1. The Hall–Kier alpha value is -3.40. The fourth-order valence-corrected chi connectivity index (χ4v) is 5.25. The molecule has 35 heavy (non-hydrogen) atoms. The van der Waals surface area contributed by atoms with E-state index in [2.05, 4.69) is 9.71 Å². The third-order valence-corrected chi connectivity index (χ3v) is 7.04. The molecule has 8 nitrogen and oxygen atoms in total. The highest BCUT2D eigenvalue weighted by Crippen LogP contribution is 2.38. The maximum Gasteiger partial charge on any atom is 0.265 e. The van der Waals surface area contributed by atoms with E-state index in [0.29, 0.717) is 39.5 Å². The normalized spacial score (nSPS) is 11.3. The van der Waals surface area contributed by atoms with Gasteiger partial charge in [-0.1, -0.05) is 23.2 Å². The summed E-state index contributed by atoms with van der Waals surface area (Å²) in [4.78, 5) is 3.93. The number of aryl methyl sites for hydroxylation is 1. The van der Waals surface area contributed by atoms with Crippen molar-refractivity contribution in [3.8, 4) is 28.7 Å². The number of hydrogen-bond acceptors (Lipinski definition) is 7.